The van der Waals surface area contributed by atoms with Crippen molar-refractivity contribution in [1.29, 1.82) is 0 Å². The average molecular weight is 269 g/mol. The van der Waals surface area contributed by atoms with Gasteiger partial charge in [0.1, 0.15) is 0 Å². The highest BCUT2D eigenvalue weighted by Crippen LogP contribution is 2.01. The summed E-state index contributed by atoms with van der Waals surface area (Å²) in [4.78, 5) is 13.3. The van der Waals surface area contributed by atoms with E-state index in [-0.39, 0.29) is 5.97 Å². The molecule has 0 N–H and O–H groups in total. The Bertz CT molecular complexity index is 380. The van der Waals surface area contributed by atoms with Crippen molar-refractivity contribution in [2.75, 3.05) is 20.2 Å². The maximum absolute atomic E-state index is 11.3. The molecule has 0 amide bonds. The van der Waals surface area contributed by atoms with Gasteiger partial charge in [0.25, 0.3) is 0 Å². The van der Waals surface area contributed by atoms with Gasteiger partial charge in [-0.1, -0.05) is 13.3 Å². The predicted molar refractivity (Wildman–Crippen MR) is 70.3 cm³/mol. The molecular weight excluding hydrogens is 246 g/mol. The van der Waals surface area contributed by atoms with Crippen LogP contribution in [0.5, 0.6) is 0 Å². The lowest BCUT2D eigenvalue weighted by Crippen LogP contribution is -2.24. The Labute approximate surface area is 113 Å². The van der Waals surface area contributed by atoms with Gasteiger partial charge in [0, 0.05) is 13.1 Å². The zero-order valence-corrected chi connectivity index (χ0v) is 12.0. The number of carbonyl (C=O) groups is 1. The van der Waals surface area contributed by atoms with Gasteiger partial charge in [-0.05, 0) is 30.8 Å². The van der Waals surface area contributed by atoms with Gasteiger partial charge in [-0.25, -0.2) is 4.68 Å². The molecule has 0 saturated heterocycles. The molecule has 0 saturated carbocycles. The maximum Gasteiger partial charge on any atom is 0.307 e. The Balaban J connectivity index is 2.37. The Kier molecular flexibility index (Phi) is 7.02. The topological polar surface area (TPSA) is 73.1 Å². The highest BCUT2D eigenvalue weighted by molar-refractivity contribution is 5.69. The molecular formula is C12H23N5O2. The Hall–Kier alpha value is -1.50. The number of unbranched alkanes of at least 4 members (excludes halogenated alkanes) is 1. The molecule has 1 aromatic rings. The lowest BCUT2D eigenvalue weighted by Gasteiger charge is -2.15. The molecule has 0 bridgehead atoms. The summed E-state index contributed by atoms with van der Waals surface area (Å²) in [5.41, 5.74) is 0. The molecule has 0 aliphatic rings. The first-order chi connectivity index (χ1) is 9.17. The van der Waals surface area contributed by atoms with Gasteiger partial charge < -0.3 is 4.74 Å². The zero-order valence-electron chi connectivity index (χ0n) is 12.0. The fraction of sp³-hybridized carbons (Fsp3) is 0.833. The minimum atomic E-state index is -0.167. The lowest BCUT2D eigenvalue weighted by molar-refractivity contribution is -0.143. The Morgan fingerprint density at radius 1 is 1.42 bits per heavy atom. The number of aromatic nitrogens is 4. The molecule has 1 rings (SSSR count). The molecule has 7 nitrogen and oxygen atoms in total. The standard InChI is InChI=1S/C12H23N5O2/c1-4-6-8-17-11(13-14-15-17)10-16(3)9-7-12(18)19-5-2/h4-10H2,1-3H3. The fourth-order valence-corrected chi connectivity index (χ4v) is 1.65. The monoisotopic (exact) mass is 269 g/mol. The number of ether oxygens (including phenoxy) is 1. The first kappa shape index (κ1) is 15.6. The highest BCUT2D eigenvalue weighted by atomic mass is 16.5. The molecule has 1 aromatic heterocycles. The number of carbonyl (C=O) groups excluding carboxylic acids is 1. The van der Waals surface area contributed by atoms with Crippen LogP contribution in [0.15, 0.2) is 0 Å². The highest BCUT2D eigenvalue weighted by Gasteiger charge is 2.10. The first-order valence-corrected chi connectivity index (χ1v) is 6.76. The van der Waals surface area contributed by atoms with Crippen molar-refractivity contribution >= 4 is 5.97 Å². The van der Waals surface area contributed by atoms with E-state index in [1.165, 1.54) is 0 Å². The van der Waals surface area contributed by atoms with Crippen LogP contribution in [-0.4, -0.2) is 51.3 Å². The number of hydrogen-bond donors (Lipinski definition) is 0. The summed E-state index contributed by atoms with van der Waals surface area (Å²) in [7, 11) is 1.94. The van der Waals surface area contributed by atoms with Gasteiger partial charge in [-0.15, -0.1) is 5.10 Å². The second-order valence-corrected chi connectivity index (χ2v) is 4.46. The van der Waals surface area contributed by atoms with Crippen molar-refractivity contribution in [2.24, 2.45) is 0 Å². The summed E-state index contributed by atoms with van der Waals surface area (Å²) in [6.07, 6.45) is 2.56. The van der Waals surface area contributed by atoms with E-state index in [2.05, 4.69) is 22.4 Å². The minimum Gasteiger partial charge on any atom is -0.466 e. The summed E-state index contributed by atoms with van der Waals surface area (Å²) < 4.78 is 6.72. The summed E-state index contributed by atoms with van der Waals surface area (Å²) in [6, 6.07) is 0. The van der Waals surface area contributed by atoms with E-state index in [1.807, 2.05) is 23.6 Å². The van der Waals surface area contributed by atoms with Gasteiger partial charge in [-0.2, -0.15) is 0 Å². The predicted octanol–water partition coefficient (Wildman–Crippen LogP) is 0.858. The van der Waals surface area contributed by atoms with Crippen LogP contribution in [0.3, 0.4) is 0 Å². The Morgan fingerprint density at radius 3 is 2.89 bits per heavy atom. The van der Waals surface area contributed by atoms with E-state index in [0.717, 1.165) is 25.2 Å². The Morgan fingerprint density at radius 2 is 2.21 bits per heavy atom. The van der Waals surface area contributed by atoms with Crippen molar-refractivity contribution in [3.8, 4) is 0 Å². The summed E-state index contributed by atoms with van der Waals surface area (Å²) in [6.45, 7) is 6.48. The molecule has 108 valence electrons. The number of aryl methyl sites for hydroxylation is 1. The third-order valence-corrected chi connectivity index (χ3v) is 2.74. The van der Waals surface area contributed by atoms with Gasteiger partial charge in [0.05, 0.1) is 19.6 Å². The quantitative estimate of drug-likeness (QED) is 0.619. The van der Waals surface area contributed by atoms with Gasteiger partial charge >= 0.3 is 5.97 Å². The molecule has 0 unspecified atom stereocenters. The van der Waals surface area contributed by atoms with Crippen molar-refractivity contribution in [2.45, 2.75) is 46.2 Å². The van der Waals surface area contributed by atoms with Crippen LogP contribution in [-0.2, 0) is 22.6 Å². The second-order valence-electron chi connectivity index (χ2n) is 4.46. The van der Waals surface area contributed by atoms with Crippen LogP contribution >= 0.6 is 0 Å². The molecule has 0 aromatic carbocycles. The average Bonchev–Trinajstić information content (AvgIpc) is 2.81. The van der Waals surface area contributed by atoms with Gasteiger partial charge in [0.2, 0.25) is 0 Å². The third-order valence-electron chi connectivity index (χ3n) is 2.74. The molecule has 7 heteroatoms. The molecule has 0 atom stereocenters. The zero-order chi connectivity index (χ0) is 14.1. The van der Waals surface area contributed by atoms with Crippen LogP contribution in [0.25, 0.3) is 0 Å². The molecule has 0 aliphatic heterocycles. The molecule has 19 heavy (non-hydrogen) atoms. The van der Waals surface area contributed by atoms with Gasteiger partial charge in [0.15, 0.2) is 5.82 Å². The normalized spacial score (nSPS) is 10.9. The van der Waals surface area contributed by atoms with Gasteiger partial charge in [-0.3, -0.25) is 9.69 Å². The smallest absolute Gasteiger partial charge is 0.307 e. The summed E-state index contributed by atoms with van der Waals surface area (Å²) in [5.74, 6) is 0.666. The molecule has 1 heterocycles. The van der Waals surface area contributed by atoms with E-state index in [0.29, 0.717) is 26.1 Å². The molecule has 0 radical (unpaired) electrons. The van der Waals surface area contributed by atoms with Crippen LogP contribution in [0.4, 0.5) is 0 Å². The van der Waals surface area contributed by atoms with Crippen molar-refractivity contribution in [1.82, 2.24) is 25.1 Å². The number of nitrogens with zero attached hydrogens (tertiary/aromatic N) is 5. The van der Waals surface area contributed by atoms with E-state index >= 15 is 0 Å². The third kappa shape index (κ3) is 5.78. The number of tetrazole rings is 1. The number of esters is 1. The molecule has 0 fully saturated rings. The number of hydrogen-bond acceptors (Lipinski definition) is 6. The fourth-order valence-electron chi connectivity index (χ4n) is 1.65. The van der Waals surface area contributed by atoms with Crippen LogP contribution in [0, 0.1) is 0 Å². The van der Waals surface area contributed by atoms with Crippen molar-refractivity contribution in [3.05, 3.63) is 5.82 Å². The maximum atomic E-state index is 11.3. The van der Waals surface area contributed by atoms with E-state index in [4.69, 9.17) is 4.74 Å². The first-order valence-electron chi connectivity index (χ1n) is 6.76. The minimum absolute atomic E-state index is 0.167. The summed E-state index contributed by atoms with van der Waals surface area (Å²) in [5, 5.41) is 11.7. The van der Waals surface area contributed by atoms with Crippen LogP contribution < -0.4 is 0 Å². The van der Waals surface area contributed by atoms with Crippen molar-refractivity contribution < 1.29 is 9.53 Å². The second kappa shape index (κ2) is 8.58. The number of rotatable bonds is 9. The summed E-state index contributed by atoms with van der Waals surface area (Å²) >= 11 is 0. The van der Waals surface area contributed by atoms with Crippen molar-refractivity contribution in [3.63, 3.8) is 0 Å². The van der Waals surface area contributed by atoms with Crippen LogP contribution in [0.1, 0.15) is 38.9 Å². The largest absolute Gasteiger partial charge is 0.466 e. The van der Waals surface area contributed by atoms with Crippen LogP contribution in [0.2, 0.25) is 0 Å². The molecule has 0 aliphatic carbocycles. The van der Waals surface area contributed by atoms with E-state index in [1.54, 1.807) is 0 Å². The molecule has 0 spiro atoms. The van der Waals surface area contributed by atoms with E-state index in [9.17, 15) is 4.79 Å². The van der Waals surface area contributed by atoms with E-state index < -0.39 is 0 Å². The SMILES string of the molecule is CCCCn1nnnc1CN(C)CCC(=O)OCC. The lowest BCUT2D eigenvalue weighted by atomic mass is 10.3.